The zero-order valence-corrected chi connectivity index (χ0v) is 17.3. The summed E-state index contributed by atoms with van der Waals surface area (Å²) in [5.74, 6) is 1.57. The first-order chi connectivity index (χ1) is 15.6. The second kappa shape index (κ2) is 8.57. The average molecular weight is 434 g/mol. The number of ether oxygens (including phenoxy) is 2. The van der Waals surface area contributed by atoms with Crippen molar-refractivity contribution >= 4 is 11.3 Å². The second-order valence-corrected chi connectivity index (χ2v) is 7.82. The quantitative estimate of drug-likeness (QED) is 0.490. The van der Waals surface area contributed by atoms with Gasteiger partial charge in [-0.3, -0.25) is 4.40 Å². The molecule has 3 N–H and O–H groups in total. The Morgan fingerprint density at radius 3 is 2.72 bits per heavy atom. The fraction of sp³-hybridized carbons (Fsp3) is 0.250. The zero-order valence-electron chi connectivity index (χ0n) is 17.3. The minimum atomic E-state index is -0.464. The van der Waals surface area contributed by atoms with Crippen LogP contribution < -0.4 is 10.5 Å². The molecule has 1 saturated heterocycles. The van der Waals surface area contributed by atoms with Crippen LogP contribution in [0.15, 0.2) is 60.9 Å². The van der Waals surface area contributed by atoms with Crippen molar-refractivity contribution in [2.75, 3.05) is 18.9 Å². The van der Waals surface area contributed by atoms with Crippen molar-refractivity contribution in [2.24, 2.45) is 0 Å². The van der Waals surface area contributed by atoms with Gasteiger partial charge in [-0.25, -0.2) is 14.4 Å². The predicted octanol–water partition coefficient (Wildman–Crippen LogP) is 4.16. The maximum atomic E-state index is 15.2. The first-order valence-corrected chi connectivity index (χ1v) is 10.5. The van der Waals surface area contributed by atoms with Gasteiger partial charge < -0.3 is 20.3 Å². The summed E-state index contributed by atoms with van der Waals surface area (Å²) in [5.41, 5.74) is 7.49. The Morgan fingerprint density at radius 1 is 1.16 bits per heavy atom. The third kappa shape index (κ3) is 3.79. The summed E-state index contributed by atoms with van der Waals surface area (Å²) in [4.78, 5) is 8.97. The molecule has 2 aromatic heterocycles. The van der Waals surface area contributed by atoms with Crippen molar-refractivity contribution in [3.63, 3.8) is 0 Å². The number of anilines is 1. The topological polar surface area (TPSA) is 94.9 Å². The normalized spacial score (nSPS) is 18.7. The Kier molecular flexibility index (Phi) is 5.46. The fourth-order valence-electron chi connectivity index (χ4n) is 4.09. The zero-order chi connectivity index (χ0) is 22.1. The maximum absolute atomic E-state index is 15.2. The van der Waals surface area contributed by atoms with Crippen LogP contribution in [-0.4, -0.2) is 38.8 Å². The lowest BCUT2D eigenvalue weighted by Crippen LogP contribution is -2.28. The molecule has 0 spiro atoms. The number of aliphatic hydroxyl groups excluding tert-OH is 1. The molecular weight excluding hydrogens is 411 g/mol. The van der Waals surface area contributed by atoms with E-state index >= 15 is 4.39 Å². The highest BCUT2D eigenvalue weighted by Crippen LogP contribution is 2.36. The van der Waals surface area contributed by atoms with E-state index in [2.05, 4.69) is 4.98 Å². The molecule has 5 rings (SSSR count). The molecule has 0 saturated carbocycles. The summed E-state index contributed by atoms with van der Waals surface area (Å²) in [7, 11) is 0. The number of imidazole rings is 1. The van der Waals surface area contributed by atoms with Gasteiger partial charge in [-0.1, -0.05) is 18.2 Å². The molecule has 1 aliphatic rings. The molecule has 0 aliphatic carbocycles. The minimum absolute atomic E-state index is 0.000217. The van der Waals surface area contributed by atoms with Crippen molar-refractivity contribution in [1.82, 2.24) is 14.4 Å². The highest BCUT2D eigenvalue weighted by molar-refractivity contribution is 5.85. The Labute approximate surface area is 184 Å². The van der Waals surface area contributed by atoms with Crippen molar-refractivity contribution in [3.05, 3.63) is 72.6 Å². The smallest absolute Gasteiger partial charge is 0.150 e. The molecule has 3 heterocycles. The number of nitrogens with two attached hydrogens (primary N) is 1. The van der Waals surface area contributed by atoms with Gasteiger partial charge in [-0.2, -0.15) is 0 Å². The summed E-state index contributed by atoms with van der Waals surface area (Å²) in [6, 6.07) is 13.9. The van der Waals surface area contributed by atoms with E-state index in [4.69, 9.17) is 20.2 Å². The van der Waals surface area contributed by atoms with Gasteiger partial charge in [0.25, 0.3) is 0 Å². The Balaban J connectivity index is 1.53. The Bertz CT molecular complexity index is 1240. The number of halogens is 1. The van der Waals surface area contributed by atoms with Crippen LogP contribution in [0.2, 0.25) is 0 Å². The number of hydrogen-bond acceptors (Lipinski definition) is 6. The van der Waals surface area contributed by atoms with Crippen molar-refractivity contribution < 1.29 is 19.0 Å². The summed E-state index contributed by atoms with van der Waals surface area (Å²) in [6.45, 7) is 0.429. The predicted molar refractivity (Wildman–Crippen MR) is 118 cm³/mol. The van der Waals surface area contributed by atoms with Gasteiger partial charge in [-0.05, 0) is 37.1 Å². The van der Waals surface area contributed by atoms with Gasteiger partial charge in [0.05, 0.1) is 19.3 Å². The standard InChI is InChI=1S/C24H23FN4O3/c25-20-12-17(32-16-4-2-1-3-5-16)8-9-19(20)21-22-23(26)27-10-11-29(22)24(28-21)15-6-7-18(13-30)31-14-15/h1-5,8-12,15,18,30H,6-7,13-14H2,(H2,26,27)/t15-,18+/m0/s1. The molecule has 164 valence electrons. The van der Waals surface area contributed by atoms with Crippen LogP contribution in [0.25, 0.3) is 16.8 Å². The molecule has 1 aliphatic heterocycles. The number of aromatic nitrogens is 3. The summed E-state index contributed by atoms with van der Waals surface area (Å²) in [6.07, 6.45) is 4.76. The molecule has 2 atom stereocenters. The summed E-state index contributed by atoms with van der Waals surface area (Å²) in [5, 5.41) is 9.33. The molecule has 2 aromatic carbocycles. The number of para-hydroxylation sites is 1. The van der Waals surface area contributed by atoms with Crippen LogP contribution in [0, 0.1) is 5.82 Å². The molecular formula is C24H23FN4O3. The first kappa shape index (κ1) is 20.4. The number of nitrogens with zero attached hydrogens (tertiary/aromatic N) is 3. The molecule has 0 bridgehead atoms. The number of nitrogen functional groups attached to an aromatic ring is 1. The lowest BCUT2D eigenvalue weighted by molar-refractivity contribution is -0.0282. The fourth-order valence-corrected chi connectivity index (χ4v) is 4.09. The first-order valence-electron chi connectivity index (χ1n) is 10.5. The lowest BCUT2D eigenvalue weighted by Gasteiger charge is -2.27. The third-order valence-corrected chi connectivity index (χ3v) is 5.72. The van der Waals surface area contributed by atoms with Crippen LogP contribution in [0.5, 0.6) is 11.5 Å². The van der Waals surface area contributed by atoms with Crippen LogP contribution in [0.3, 0.4) is 0 Å². The number of fused-ring (bicyclic) bond motifs is 1. The highest BCUT2D eigenvalue weighted by Gasteiger charge is 2.28. The van der Waals surface area contributed by atoms with E-state index in [0.29, 0.717) is 34.9 Å². The van der Waals surface area contributed by atoms with Crippen LogP contribution in [0.4, 0.5) is 10.2 Å². The van der Waals surface area contributed by atoms with E-state index in [0.717, 1.165) is 18.7 Å². The van der Waals surface area contributed by atoms with Gasteiger partial charge in [0.15, 0.2) is 0 Å². The lowest BCUT2D eigenvalue weighted by atomic mass is 9.98. The Hall–Kier alpha value is -3.49. The second-order valence-electron chi connectivity index (χ2n) is 7.82. The molecule has 32 heavy (non-hydrogen) atoms. The molecule has 8 heteroatoms. The van der Waals surface area contributed by atoms with Crippen molar-refractivity contribution in [2.45, 2.75) is 24.9 Å². The van der Waals surface area contributed by atoms with E-state index in [1.807, 2.05) is 22.6 Å². The number of aliphatic hydroxyl groups is 1. The highest BCUT2D eigenvalue weighted by atomic mass is 19.1. The average Bonchev–Trinajstić information content (AvgIpc) is 3.21. The van der Waals surface area contributed by atoms with Crippen LogP contribution in [-0.2, 0) is 4.74 Å². The number of benzene rings is 2. The van der Waals surface area contributed by atoms with Crippen LogP contribution in [0.1, 0.15) is 24.6 Å². The molecule has 7 nitrogen and oxygen atoms in total. The molecule has 4 aromatic rings. The molecule has 0 radical (unpaired) electrons. The van der Waals surface area contributed by atoms with E-state index in [1.165, 1.54) is 6.07 Å². The van der Waals surface area contributed by atoms with Gasteiger partial charge in [0.1, 0.15) is 40.2 Å². The Morgan fingerprint density at radius 2 is 2.00 bits per heavy atom. The van der Waals surface area contributed by atoms with Gasteiger partial charge in [0.2, 0.25) is 0 Å². The maximum Gasteiger partial charge on any atom is 0.150 e. The van der Waals surface area contributed by atoms with Crippen molar-refractivity contribution in [1.29, 1.82) is 0 Å². The number of rotatable bonds is 5. The molecule has 0 amide bonds. The van der Waals surface area contributed by atoms with Crippen molar-refractivity contribution in [3.8, 4) is 22.8 Å². The molecule has 0 unspecified atom stereocenters. The third-order valence-electron chi connectivity index (χ3n) is 5.72. The van der Waals surface area contributed by atoms with E-state index < -0.39 is 5.82 Å². The van der Waals surface area contributed by atoms with E-state index in [1.54, 1.807) is 36.7 Å². The summed E-state index contributed by atoms with van der Waals surface area (Å²) >= 11 is 0. The SMILES string of the molecule is Nc1nccn2c([C@H]3CC[C@H](CO)OC3)nc(-c3ccc(Oc4ccccc4)cc3F)c12. The van der Waals surface area contributed by atoms with Gasteiger partial charge in [0, 0.05) is 29.9 Å². The van der Waals surface area contributed by atoms with Crippen LogP contribution >= 0.6 is 0 Å². The van der Waals surface area contributed by atoms with Gasteiger partial charge in [-0.15, -0.1) is 0 Å². The number of hydrogen-bond donors (Lipinski definition) is 2. The summed E-state index contributed by atoms with van der Waals surface area (Å²) < 4.78 is 28.5. The van der Waals surface area contributed by atoms with E-state index in [-0.39, 0.29) is 24.4 Å². The van der Waals surface area contributed by atoms with E-state index in [9.17, 15) is 5.11 Å². The largest absolute Gasteiger partial charge is 0.457 e. The monoisotopic (exact) mass is 434 g/mol. The minimum Gasteiger partial charge on any atom is -0.457 e. The molecule has 1 fully saturated rings. The van der Waals surface area contributed by atoms with Gasteiger partial charge >= 0.3 is 0 Å².